The van der Waals surface area contributed by atoms with Crippen LogP contribution in [0.2, 0.25) is 5.02 Å². The number of hydroxylamine groups is 1. The van der Waals surface area contributed by atoms with E-state index in [1.54, 1.807) is 5.48 Å². The zero-order valence-corrected chi connectivity index (χ0v) is 8.03. The fourth-order valence-electron chi connectivity index (χ4n) is 1.09. The van der Waals surface area contributed by atoms with E-state index in [1.807, 2.05) is 0 Å². The molecule has 1 rings (SSSR count). The predicted molar refractivity (Wildman–Crippen MR) is 46.5 cm³/mol. The Hall–Kier alpha value is -0.910. The van der Waals surface area contributed by atoms with E-state index in [-0.39, 0.29) is 22.9 Å². The first-order chi connectivity index (χ1) is 6.61. The fraction of sp³-hybridized carbons (Fsp3) is 0.250. The van der Waals surface area contributed by atoms with E-state index in [1.165, 1.54) is 7.11 Å². The van der Waals surface area contributed by atoms with Gasteiger partial charge in [0.05, 0.1) is 24.2 Å². The van der Waals surface area contributed by atoms with E-state index >= 15 is 0 Å². The number of benzene rings is 1. The van der Waals surface area contributed by atoms with Gasteiger partial charge in [-0.25, -0.2) is 14.3 Å². The first kappa shape index (κ1) is 11.2. The molecular weight excluding hydrogens is 216 g/mol. The van der Waals surface area contributed by atoms with Crippen molar-refractivity contribution in [3.63, 3.8) is 0 Å². The maximum atomic E-state index is 13.3. The average molecular weight is 224 g/mol. The molecule has 2 N–H and O–H groups in total. The molecule has 6 heteroatoms. The molecule has 78 valence electrons. The number of methoxy groups -OCH3 is 1. The van der Waals surface area contributed by atoms with Crippen LogP contribution in [0.3, 0.4) is 0 Å². The van der Waals surface area contributed by atoms with Crippen molar-refractivity contribution in [2.75, 3.05) is 7.11 Å². The number of hydrogen-bond donors (Lipinski definition) is 2. The largest absolute Gasteiger partial charge is 0.493 e. The lowest BCUT2D eigenvalue weighted by Gasteiger charge is -2.10. The van der Waals surface area contributed by atoms with Crippen LogP contribution in [0, 0.1) is 11.6 Å². The molecule has 0 saturated heterocycles. The van der Waals surface area contributed by atoms with Gasteiger partial charge in [-0.05, 0) is 6.07 Å². The summed E-state index contributed by atoms with van der Waals surface area (Å²) in [5.74, 6) is -1.86. The van der Waals surface area contributed by atoms with Gasteiger partial charge in [0.2, 0.25) is 0 Å². The Morgan fingerprint density at radius 2 is 2.21 bits per heavy atom. The lowest BCUT2D eigenvalue weighted by Crippen LogP contribution is -2.10. The van der Waals surface area contributed by atoms with E-state index in [4.69, 9.17) is 16.8 Å². The van der Waals surface area contributed by atoms with Gasteiger partial charge in [-0.3, -0.25) is 0 Å². The maximum Gasteiger partial charge on any atom is 0.167 e. The van der Waals surface area contributed by atoms with Crippen LogP contribution >= 0.6 is 11.6 Å². The molecule has 0 heterocycles. The lowest BCUT2D eigenvalue weighted by molar-refractivity contribution is 0.158. The van der Waals surface area contributed by atoms with Gasteiger partial charge in [0, 0.05) is 0 Å². The van der Waals surface area contributed by atoms with Crippen molar-refractivity contribution in [3.05, 3.63) is 28.3 Å². The molecule has 0 radical (unpaired) electrons. The lowest BCUT2D eigenvalue weighted by atomic mass is 10.2. The van der Waals surface area contributed by atoms with Gasteiger partial charge >= 0.3 is 0 Å². The van der Waals surface area contributed by atoms with Crippen LogP contribution in [0.15, 0.2) is 6.07 Å². The van der Waals surface area contributed by atoms with Crippen LogP contribution < -0.4 is 10.2 Å². The van der Waals surface area contributed by atoms with Crippen molar-refractivity contribution in [3.8, 4) is 5.75 Å². The van der Waals surface area contributed by atoms with E-state index in [0.29, 0.717) is 0 Å². The van der Waals surface area contributed by atoms with Crippen LogP contribution in [0.5, 0.6) is 5.75 Å². The molecule has 0 saturated carbocycles. The summed E-state index contributed by atoms with van der Waals surface area (Å²) < 4.78 is 31.1. The second-order valence-electron chi connectivity index (χ2n) is 2.50. The third-order valence-electron chi connectivity index (χ3n) is 1.68. The Kier molecular flexibility index (Phi) is 3.62. The summed E-state index contributed by atoms with van der Waals surface area (Å²) in [6, 6.07) is 0.816. The minimum Gasteiger partial charge on any atom is -0.493 e. The summed E-state index contributed by atoms with van der Waals surface area (Å²) >= 11 is 5.40. The van der Waals surface area contributed by atoms with Crippen LogP contribution in [-0.2, 0) is 6.54 Å². The Labute approximate surface area is 84.2 Å². The summed E-state index contributed by atoms with van der Waals surface area (Å²) in [4.78, 5) is 0. The maximum absolute atomic E-state index is 13.3. The molecule has 14 heavy (non-hydrogen) atoms. The Morgan fingerprint density at radius 3 is 2.71 bits per heavy atom. The van der Waals surface area contributed by atoms with E-state index in [2.05, 4.69) is 4.74 Å². The highest BCUT2D eigenvalue weighted by Crippen LogP contribution is 2.30. The molecule has 0 spiro atoms. The minimum absolute atomic E-state index is 0.153. The fourth-order valence-corrected chi connectivity index (χ4v) is 1.30. The first-order valence-electron chi connectivity index (χ1n) is 3.69. The zero-order valence-electron chi connectivity index (χ0n) is 7.27. The molecule has 0 unspecified atom stereocenters. The second kappa shape index (κ2) is 4.54. The quantitative estimate of drug-likeness (QED) is 0.609. The van der Waals surface area contributed by atoms with Crippen molar-refractivity contribution in [1.82, 2.24) is 5.48 Å². The molecular formula is C8H8ClF2NO2. The number of rotatable bonds is 3. The van der Waals surface area contributed by atoms with E-state index in [0.717, 1.165) is 6.07 Å². The Balaban J connectivity index is 3.32. The highest BCUT2D eigenvalue weighted by molar-refractivity contribution is 6.30. The standard InChI is InChI=1S/C8H8ClF2NO2/c1-14-8-4(3-12-13)7(11)5(9)2-6(8)10/h2,12-13H,3H2,1H3. The Bertz CT molecular complexity index is 347. The molecule has 0 aliphatic carbocycles. The highest BCUT2D eigenvalue weighted by atomic mass is 35.5. The minimum atomic E-state index is -0.813. The first-order valence-corrected chi connectivity index (χ1v) is 4.07. The molecule has 0 amide bonds. The third-order valence-corrected chi connectivity index (χ3v) is 1.95. The number of hydrogen-bond acceptors (Lipinski definition) is 3. The van der Waals surface area contributed by atoms with Gasteiger partial charge in [-0.2, -0.15) is 0 Å². The van der Waals surface area contributed by atoms with Crippen molar-refractivity contribution >= 4 is 11.6 Å². The Morgan fingerprint density at radius 1 is 1.57 bits per heavy atom. The van der Waals surface area contributed by atoms with Crippen LogP contribution in [-0.4, -0.2) is 12.3 Å². The SMILES string of the molecule is COc1c(F)cc(Cl)c(F)c1CNO. The van der Waals surface area contributed by atoms with Gasteiger partial charge in [0.25, 0.3) is 0 Å². The predicted octanol–water partition coefficient (Wildman–Crippen LogP) is 2.11. The zero-order chi connectivity index (χ0) is 10.7. The summed E-state index contributed by atoms with van der Waals surface area (Å²) in [5.41, 5.74) is 1.56. The third kappa shape index (κ3) is 1.95. The van der Waals surface area contributed by atoms with Gasteiger partial charge in [-0.1, -0.05) is 11.6 Å². The highest BCUT2D eigenvalue weighted by Gasteiger charge is 2.17. The smallest absolute Gasteiger partial charge is 0.167 e. The van der Waals surface area contributed by atoms with Crippen molar-refractivity contribution in [2.45, 2.75) is 6.54 Å². The normalized spacial score (nSPS) is 10.4. The van der Waals surface area contributed by atoms with Crippen molar-refractivity contribution < 1.29 is 18.7 Å². The van der Waals surface area contributed by atoms with Crippen LogP contribution in [0.25, 0.3) is 0 Å². The molecule has 0 aliphatic rings. The molecule has 0 aliphatic heterocycles. The molecule has 1 aromatic rings. The van der Waals surface area contributed by atoms with Crippen molar-refractivity contribution in [2.24, 2.45) is 0 Å². The molecule has 0 atom stereocenters. The van der Waals surface area contributed by atoms with E-state index < -0.39 is 11.6 Å². The van der Waals surface area contributed by atoms with Gasteiger partial charge in [0.1, 0.15) is 5.82 Å². The topological polar surface area (TPSA) is 41.5 Å². The molecule has 3 nitrogen and oxygen atoms in total. The second-order valence-corrected chi connectivity index (χ2v) is 2.91. The van der Waals surface area contributed by atoms with Crippen LogP contribution in [0.4, 0.5) is 8.78 Å². The average Bonchev–Trinajstić information content (AvgIpc) is 2.14. The monoisotopic (exact) mass is 223 g/mol. The number of halogens is 3. The summed E-state index contributed by atoms with van der Waals surface area (Å²) in [6.07, 6.45) is 0. The van der Waals surface area contributed by atoms with Crippen LogP contribution in [0.1, 0.15) is 5.56 Å². The summed E-state index contributed by atoms with van der Waals surface area (Å²) in [6.45, 7) is -0.285. The summed E-state index contributed by atoms with van der Waals surface area (Å²) in [7, 11) is 1.20. The number of nitrogens with one attached hydrogen (secondary N) is 1. The van der Waals surface area contributed by atoms with Gasteiger partial charge < -0.3 is 9.94 Å². The van der Waals surface area contributed by atoms with E-state index in [9.17, 15) is 8.78 Å². The molecule has 0 fully saturated rings. The molecule has 1 aromatic carbocycles. The van der Waals surface area contributed by atoms with Crippen molar-refractivity contribution in [1.29, 1.82) is 0 Å². The molecule has 0 aromatic heterocycles. The van der Waals surface area contributed by atoms with Gasteiger partial charge in [-0.15, -0.1) is 0 Å². The van der Waals surface area contributed by atoms with Gasteiger partial charge in [0.15, 0.2) is 11.6 Å². The number of ether oxygens (including phenoxy) is 1. The molecule has 0 bridgehead atoms. The summed E-state index contributed by atoms with van der Waals surface area (Å²) in [5, 5.41) is 8.05.